The van der Waals surface area contributed by atoms with Crippen LogP contribution in [0.25, 0.3) is 0 Å². The highest BCUT2D eigenvalue weighted by atomic mass is 19.1. The summed E-state index contributed by atoms with van der Waals surface area (Å²) >= 11 is 0. The fourth-order valence-corrected chi connectivity index (χ4v) is 1.43. The highest BCUT2D eigenvalue weighted by molar-refractivity contribution is 5.80. The molecular formula is C8H12FNO3. The van der Waals surface area contributed by atoms with E-state index in [2.05, 4.69) is 0 Å². The quantitative estimate of drug-likeness (QED) is 0.693. The molecular weight excluding hydrogens is 177 g/mol. The van der Waals surface area contributed by atoms with Gasteiger partial charge in [-0.05, 0) is 6.42 Å². The van der Waals surface area contributed by atoms with Gasteiger partial charge >= 0.3 is 5.97 Å². The van der Waals surface area contributed by atoms with E-state index in [-0.39, 0.29) is 25.4 Å². The first-order valence-corrected chi connectivity index (χ1v) is 4.21. The van der Waals surface area contributed by atoms with Crippen molar-refractivity contribution in [3.63, 3.8) is 0 Å². The van der Waals surface area contributed by atoms with Gasteiger partial charge in [0.2, 0.25) is 5.91 Å². The number of nitrogens with zero attached hydrogens (tertiary/aromatic N) is 1. The summed E-state index contributed by atoms with van der Waals surface area (Å²) in [6.45, 7) is -0.446. The molecule has 1 unspecified atom stereocenters. The van der Waals surface area contributed by atoms with Gasteiger partial charge in [0.15, 0.2) is 0 Å². The summed E-state index contributed by atoms with van der Waals surface area (Å²) in [6.07, 6.45) is 0.591. The molecule has 1 rings (SSSR count). The Kier molecular flexibility index (Phi) is 3.22. The minimum absolute atomic E-state index is 0.0165. The number of carboxylic acids is 1. The number of carboxylic acid groups (broad SMARTS) is 1. The lowest BCUT2D eigenvalue weighted by Crippen LogP contribution is -2.43. The summed E-state index contributed by atoms with van der Waals surface area (Å²) in [7, 11) is 0. The average Bonchev–Trinajstić information content (AvgIpc) is 2.08. The summed E-state index contributed by atoms with van der Waals surface area (Å²) in [5, 5.41) is 8.68. The van der Waals surface area contributed by atoms with Gasteiger partial charge < -0.3 is 10.0 Å². The Balaban J connectivity index is 2.52. The van der Waals surface area contributed by atoms with Crippen molar-refractivity contribution in [2.45, 2.75) is 12.8 Å². The standard InChI is InChI=1S/C8H12FNO3/c9-3-4-10-5-6(8(12)13)1-2-7(10)11/h6H,1-5H2,(H,12,13). The Hall–Kier alpha value is -1.13. The fraction of sp³-hybridized carbons (Fsp3) is 0.750. The van der Waals surface area contributed by atoms with Gasteiger partial charge in [-0.2, -0.15) is 0 Å². The Morgan fingerprint density at radius 1 is 1.69 bits per heavy atom. The number of piperidine rings is 1. The molecule has 1 heterocycles. The molecule has 1 saturated heterocycles. The predicted octanol–water partition coefficient (Wildman–Crippen LogP) is 0.279. The van der Waals surface area contributed by atoms with E-state index >= 15 is 0 Å². The zero-order valence-corrected chi connectivity index (χ0v) is 7.20. The molecule has 1 aliphatic heterocycles. The van der Waals surface area contributed by atoms with E-state index in [0.717, 1.165) is 0 Å². The molecule has 5 heteroatoms. The number of alkyl halides is 1. The lowest BCUT2D eigenvalue weighted by atomic mass is 9.98. The maximum absolute atomic E-state index is 11.9. The van der Waals surface area contributed by atoms with Crippen molar-refractivity contribution in [2.75, 3.05) is 19.8 Å². The van der Waals surface area contributed by atoms with Crippen LogP contribution in [0, 0.1) is 5.92 Å². The Morgan fingerprint density at radius 3 is 2.92 bits per heavy atom. The number of likely N-dealkylation sites (tertiary alicyclic amines) is 1. The summed E-state index contributed by atoms with van der Waals surface area (Å²) in [6, 6.07) is 0. The monoisotopic (exact) mass is 189 g/mol. The largest absolute Gasteiger partial charge is 0.481 e. The molecule has 74 valence electrons. The number of carbonyl (C=O) groups is 2. The molecule has 1 amide bonds. The molecule has 0 aliphatic carbocycles. The van der Waals surface area contributed by atoms with Crippen LogP contribution in [0.2, 0.25) is 0 Å². The molecule has 0 aromatic rings. The zero-order valence-electron chi connectivity index (χ0n) is 7.20. The van der Waals surface area contributed by atoms with E-state index < -0.39 is 18.6 Å². The highest BCUT2D eigenvalue weighted by Crippen LogP contribution is 2.17. The van der Waals surface area contributed by atoms with Crippen LogP contribution in [-0.2, 0) is 9.59 Å². The minimum Gasteiger partial charge on any atom is -0.481 e. The number of halogens is 1. The molecule has 0 aromatic heterocycles. The van der Waals surface area contributed by atoms with Gasteiger partial charge in [-0.25, -0.2) is 4.39 Å². The van der Waals surface area contributed by atoms with Gasteiger partial charge in [-0.1, -0.05) is 0 Å². The maximum atomic E-state index is 11.9. The average molecular weight is 189 g/mol. The van der Waals surface area contributed by atoms with Crippen LogP contribution in [-0.4, -0.2) is 41.6 Å². The fourth-order valence-electron chi connectivity index (χ4n) is 1.43. The van der Waals surface area contributed by atoms with E-state index in [1.165, 1.54) is 4.90 Å². The van der Waals surface area contributed by atoms with Crippen LogP contribution in [0.3, 0.4) is 0 Å². The van der Waals surface area contributed by atoms with E-state index in [1.807, 2.05) is 0 Å². The Bertz CT molecular complexity index is 219. The van der Waals surface area contributed by atoms with Crippen molar-refractivity contribution >= 4 is 11.9 Å². The van der Waals surface area contributed by atoms with Crippen LogP contribution in [0.5, 0.6) is 0 Å². The number of hydrogen-bond acceptors (Lipinski definition) is 2. The van der Waals surface area contributed by atoms with E-state index in [4.69, 9.17) is 5.11 Å². The Labute approximate surface area is 75.3 Å². The third-order valence-corrected chi connectivity index (χ3v) is 2.20. The van der Waals surface area contributed by atoms with Crippen molar-refractivity contribution in [1.82, 2.24) is 4.90 Å². The second kappa shape index (κ2) is 4.20. The van der Waals surface area contributed by atoms with Gasteiger partial charge in [0.25, 0.3) is 0 Å². The molecule has 0 bridgehead atoms. The van der Waals surface area contributed by atoms with Gasteiger partial charge in [0.1, 0.15) is 6.67 Å². The molecule has 0 spiro atoms. The van der Waals surface area contributed by atoms with Crippen LogP contribution in [0.4, 0.5) is 4.39 Å². The SMILES string of the molecule is O=C(O)C1CCC(=O)N(CCF)C1. The molecule has 0 radical (unpaired) electrons. The first kappa shape index (κ1) is 9.95. The first-order valence-electron chi connectivity index (χ1n) is 4.21. The van der Waals surface area contributed by atoms with Crippen molar-refractivity contribution in [1.29, 1.82) is 0 Å². The number of hydrogen-bond donors (Lipinski definition) is 1. The summed E-state index contributed by atoms with van der Waals surface area (Å²) in [5.74, 6) is -1.57. The highest BCUT2D eigenvalue weighted by Gasteiger charge is 2.29. The number of amides is 1. The third kappa shape index (κ3) is 2.40. The van der Waals surface area contributed by atoms with Gasteiger partial charge in [0, 0.05) is 19.5 Å². The van der Waals surface area contributed by atoms with Crippen LogP contribution in [0.15, 0.2) is 0 Å². The molecule has 1 aliphatic rings. The summed E-state index contributed by atoms with van der Waals surface area (Å²) in [4.78, 5) is 23.0. The number of rotatable bonds is 3. The van der Waals surface area contributed by atoms with E-state index in [0.29, 0.717) is 6.42 Å². The smallest absolute Gasteiger partial charge is 0.308 e. The first-order chi connectivity index (χ1) is 6.15. The van der Waals surface area contributed by atoms with Crippen molar-refractivity contribution < 1.29 is 19.1 Å². The third-order valence-electron chi connectivity index (χ3n) is 2.20. The second-order valence-corrected chi connectivity index (χ2v) is 3.10. The van der Waals surface area contributed by atoms with Crippen LogP contribution >= 0.6 is 0 Å². The van der Waals surface area contributed by atoms with Crippen LogP contribution in [0.1, 0.15) is 12.8 Å². The van der Waals surface area contributed by atoms with Crippen molar-refractivity contribution in [3.05, 3.63) is 0 Å². The summed E-state index contributed by atoms with van der Waals surface area (Å²) in [5.41, 5.74) is 0. The summed E-state index contributed by atoms with van der Waals surface area (Å²) < 4.78 is 11.9. The zero-order chi connectivity index (χ0) is 9.84. The van der Waals surface area contributed by atoms with E-state index in [1.54, 1.807) is 0 Å². The second-order valence-electron chi connectivity index (χ2n) is 3.10. The minimum atomic E-state index is -0.906. The number of aliphatic carboxylic acids is 1. The molecule has 4 nitrogen and oxygen atoms in total. The lowest BCUT2D eigenvalue weighted by Gasteiger charge is -2.29. The Morgan fingerprint density at radius 2 is 2.38 bits per heavy atom. The normalized spacial score (nSPS) is 23.3. The molecule has 0 aromatic carbocycles. The van der Waals surface area contributed by atoms with Gasteiger partial charge in [-0.15, -0.1) is 0 Å². The van der Waals surface area contributed by atoms with E-state index in [9.17, 15) is 14.0 Å². The number of carbonyl (C=O) groups excluding carboxylic acids is 1. The van der Waals surface area contributed by atoms with Gasteiger partial charge in [-0.3, -0.25) is 9.59 Å². The lowest BCUT2D eigenvalue weighted by molar-refractivity contribution is -0.147. The molecule has 0 saturated carbocycles. The van der Waals surface area contributed by atoms with Crippen LogP contribution < -0.4 is 0 Å². The molecule has 1 atom stereocenters. The van der Waals surface area contributed by atoms with Gasteiger partial charge in [0.05, 0.1) is 5.92 Å². The molecule has 13 heavy (non-hydrogen) atoms. The predicted molar refractivity (Wildman–Crippen MR) is 42.9 cm³/mol. The van der Waals surface area contributed by atoms with Crippen molar-refractivity contribution in [2.24, 2.45) is 5.92 Å². The molecule has 1 fully saturated rings. The topological polar surface area (TPSA) is 57.6 Å². The molecule has 1 N–H and O–H groups in total. The maximum Gasteiger partial charge on any atom is 0.308 e. The van der Waals surface area contributed by atoms with Crippen molar-refractivity contribution in [3.8, 4) is 0 Å².